The summed E-state index contributed by atoms with van der Waals surface area (Å²) >= 11 is 0. The number of carboxylic acids is 1. The first kappa shape index (κ1) is 19.7. The van der Waals surface area contributed by atoms with Gasteiger partial charge in [0.05, 0.1) is 11.5 Å². The summed E-state index contributed by atoms with van der Waals surface area (Å²) in [6.07, 6.45) is -4.44. The molecule has 1 saturated heterocycles. The highest BCUT2D eigenvalue weighted by Gasteiger charge is 2.35. The number of carbonyl (C=O) groups is 3. The van der Waals surface area contributed by atoms with Crippen molar-refractivity contribution in [1.82, 2.24) is 4.90 Å². The molecule has 0 bridgehead atoms. The van der Waals surface area contributed by atoms with Gasteiger partial charge in [-0.25, -0.2) is 0 Å². The Morgan fingerprint density at radius 3 is 2.38 bits per heavy atom. The zero-order valence-corrected chi connectivity index (χ0v) is 14.3. The van der Waals surface area contributed by atoms with Crippen molar-refractivity contribution < 1.29 is 32.7 Å². The zero-order valence-electron chi connectivity index (χ0n) is 14.3. The molecule has 6 nitrogen and oxygen atoms in total. The van der Waals surface area contributed by atoms with Gasteiger partial charge >= 0.3 is 12.1 Å². The number of hydrogen-bond donors (Lipinski definition) is 2. The van der Waals surface area contributed by atoms with Crippen molar-refractivity contribution in [2.24, 2.45) is 11.8 Å². The Labute approximate surface area is 148 Å². The van der Waals surface area contributed by atoms with Crippen LogP contribution in [0, 0.1) is 11.8 Å². The van der Waals surface area contributed by atoms with Gasteiger partial charge in [0.15, 0.2) is 0 Å². The molecule has 2 unspecified atom stereocenters. The van der Waals surface area contributed by atoms with Crippen LogP contribution in [0.2, 0.25) is 0 Å². The number of hydrogen-bond acceptors (Lipinski definition) is 3. The van der Waals surface area contributed by atoms with Crippen LogP contribution < -0.4 is 5.32 Å². The molecule has 1 heterocycles. The molecule has 0 saturated carbocycles. The standard InChI is InChI=1S/C17H19F3N2O4/c1-9-8-22(4-3-14(9)16(25)26)15(24)11-5-12(17(18,19)20)7-13(6-11)21-10(2)23/h5-7,9,14H,3-4,8H2,1-2H3,(H,21,23)(H,25,26). The lowest BCUT2D eigenvalue weighted by Gasteiger charge is -2.35. The second-order valence-electron chi connectivity index (χ2n) is 6.44. The summed E-state index contributed by atoms with van der Waals surface area (Å²) in [7, 11) is 0. The number of aliphatic carboxylic acids is 1. The molecule has 1 aromatic rings. The van der Waals surface area contributed by atoms with Gasteiger partial charge < -0.3 is 15.3 Å². The van der Waals surface area contributed by atoms with Crippen molar-refractivity contribution in [3.05, 3.63) is 29.3 Å². The van der Waals surface area contributed by atoms with Crippen molar-refractivity contribution in [1.29, 1.82) is 0 Å². The topological polar surface area (TPSA) is 86.7 Å². The van der Waals surface area contributed by atoms with Gasteiger partial charge in [-0.1, -0.05) is 6.92 Å². The lowest BCUT2D eigenvalue weighted by molar-refractivity contribution is -0.145. The number of likely N-dealkylation sites (tertiary alicyclic amines) is 1. The lowest BCUT2D eigenvalue weighted by atomic mass is 9.86. The van der Waals surface area contributed by atoms with Crippen molar-refractivity contribution in [2.75, 3.05) is 18.4 Å². The van der Waals surface area contributed by atoms with Crippen molar-refractivity contribution >= 4 is 23.5 Å². The van der Waals surface area contributed by atoms with Crippen LogP contribution in [0.15, 0.2) is 18.2 Å². The fourth-order valence-corrected chi connectivity index (χ4v) is 3.07. The monoisotopic (exact) mass is 372 g/mol. The number of rotatable bonds is 3. The molecule has 1 fully saturated rings. The smallest absolute Gasteiger partial charge is 0.416 e. The highest BCUT2D eigenvalue weighted by Crippen LogP contribution is 2.33. The summed E-state index contributed by atoms with van der Waals surface area (Å²) in [5.41, 5.74) is -1.37. The van der Waals surface area contributed by atoms with Gasteiger partial charge in [0.25, 0.3) is 5.91 Å². The van der Waals surface area contributed by atoms with E-state index in [0.717, 1.165) is 19.1 Å². The van der Waals surface area contributed by atoms with Crippen LogP contribution in [0.1, 0.15) is 36.2 Å². The molecule has 0 spiro atoms. The predicted octanol–water partition coefficient (Wildman–Crippen LogP) is 2.85. The Balaban J connectivity index is 2.30. The minimum atomic E-state index is -4.67. The summed E-state index contributed by atoms with van der Waals surface area (Å²) in [6.45, 7) is 3.13. The van der Waals surface area contributed by atoms with Gasteiger partial charge in [-0.05, 0) is 30.5 Å². The number of nitrogens with zero attached hydrogens (tertiary/aromatic N) is 1. The Morgan fingerprint density at radius 2 is 1.88 bits per heavy atom. The van der Waals surface area contributed by atoms with Crippen molar-refractivity contribution in [2.45, 2.75) is 26.4 Å². The van der Waals surface area contributed by atoms with E-state index in [1.807, 2.05) is 0 Å². The number of carbonyl (C=O) groups excluding carboxylic acids is 2. The minimum Gasteiger partial charge on any atom is -0.481 e. The molecule has 2 amide bonds. The summed E-state index contributed by atoms with van der Waals surface area (Å²) in [5, 5.41) is 11.4. The highest BCUT2D eigenvalue weighted by molar-refractivity contribution is 5.97. The van der Waals surface area contributed by atoms with E-state index in [4.69, 9.17) is 5.11 Å². The molecule has 0 aromatic heterocycles. The van der Waals surface area contributed by atoms with Gasteiger partial charge in [0.2, 0.25) is 5.91 Å². The SMILES string of the molecule is CC(=O)Nc1cc(C(=O)N2CCC(C(=O)O)C(C)C2)cc(C(F)(F)F)c1. The van der Waals surface area contributed by atoms with Crippen LogP contribution in [-0.4, -0.2) is 40.9 Å². The van der Waals surface area contributed by atoms with Crippen LogP contribution >= 0.6 is 0 Å². The molecule has 1 aliphatic rings. The molecule has 2 N–H and O–H groups in total. The third-order valence-electron chi connectivity index (χ3n) is 4.34. The summed E-state index contributed by atoms with van der Waals surface area (Å²) in [5.74, 6) is -3.03. The van der Waals surface area contributed by atoms with Gasteiger partial charge in [0, 0.05) is 31.3 Å². The molecule has 2 atom stereocenters. The number of alkyl halides is 3. The zero-order chi connectivity index (χ0) is 19.6. The van der Waals surface area contributed by atoms with Crippen molar-refractivity contribution in [3.8, 4) is 0 Å². The van der Waals surface area contributed by atoms with E-state index < -0.39 is 35.4 Å². The number of piperidine rings is 1. The Bertz CT molecular complexity index is 733. The molecule has 0 radical (unpaired) electrons. The van der Waals surface area contributed by atoms with E-state index in [-0.39, 0.29) is 36.7 Å². The average molecular weight is 372 g/mol. The first-order valence-corrected chi connectivity index (χ1v) is 8.01. The molecule has 1 aromatic carbocycles. The summed E-state index contributed by atoms with van der Waals surface area (Å²) < 4.78 is 39.3. The third-order valence-corrected chi connectivity index (χ3v) is 4.34. The maximum atomic E-state index is 13.1. The largest absolute Gasteiger partial charge is 0.481 e. The van der Waals surface area contributed by atoms with Gasteiger partial charge in [-0.2, -0.15) is 13.2 Å². The highest BCUT2D eigenvalue weighted by atomic mass is 19.4. The molecule has 26 heavy (non-hydrogen) atoms. The van der Waals surface area contributed by atoms with E-state index in [0.29, 0.717) is 0 Å². The summed E-state index contributed by atoms with van der Waals surface area (Å²) in [4.78, 5) is 36.3. The van der Waals surface area contributed by atoms with Crippen LogP contribution in [0.4, 0.5) is 18.9 Å². The Kier molecular flexibility index (Phi) is 5.58. The van der Waals surface area contributed by atoms with Gasteiger partial charge in [-0.15, -0.1) is 0 Å². The molecule has 2 rings (SSSR count). The second kappa shape index (κ2) is 7.35. The maximum absolute atomic E-state index is 13.1. The molecule has 9 heteroatoms. The third kappa shape index (κ3) is 4.53. The fraction of sp³-hybridized carbons (Fsp3) is 0.471. The predicted molar refractivity (Wildman–Crippen MR) is 86.6 cm³/mol. The first-order valence-electron chi connectivity index (χ1n) is 8.01. The maximum Gasteiger partial charge on any atom is 0.416 e. The number of carboxylic acid groups (broad SMARTS) is 1. The molecule has 1 aliphatic heterocycles. The van der Waals surface area contributed by atoms with Gasteiger partial charge in [-0.3, -0.25) is 14.4 Å². The van der Waals surface area contributed by atoms with Gasteiger partial charge in [0.1, 0.15) is 0 Å². The average Bonchev–Trinajstić information content (AvgIpc) is 2.51. The minimum absolute atomic E-state index is 0.121. The van der Waals surface area contributed by atoms with E-state index in [1.165, 1.54) is 11.0 Å². The normalized spacial score (nSPS) is 20.6. The molecular weight excluding hydrogens is 353 g/mol. The van der Waals surface area contributed by atoms with Crippen LogP contribution in [0.5, 0.6) is 0 Å². The fourth-order valence-electron chi connectivity index (χ4n) is 3.07. The molecule has 142 valence electrons. The quantitative estimate of drug-likeness (QED) is 0.854. The van der Waals surface area contributed by atoms with E-state index in [2.05, 4.69) is 5.32 Å². The second-order valence-corrected chi connectivity index (χ2v) is 6.44. The Hall–Kier alpha value is -2.58. The molecular formula is C17H19F3N2O4. The van der Waals surface area contributed by atoms with Crippen molar-refractivity contribution in [3.63, 3.8) is 0 Å². The number of benzene rings is 1. The van der Waals surface area contributed by atoms with Crippen LogP contribution in [0.25, 0.3) is 0 Å². The summed E-state index contributed by atoms with van der Waals surface area (Å²) in [6, 6.07) is 2.69. The number of anilines is 1. The first-order chi connectivity index (χ1) is 12.0. The van der Waals surface area contributed by atoms with Crippen LogP contribution in [-0.2, 0) is 15.8 Å². The molecule has 0 aliphatic carbocycles. The van der Waals surface area contributed by atoms with Crippen LogP contribution in [0.3, 0.4) is 0 Å². The number of nitrogens with one attached hydrogen (secondary N) is 1. The number of halogens is 3. The Morgan fingerprint density at radius 1 is 1.23 bits per heavy atom. The lowest BCUT2D eigenvalue weighted by Crippen LogP contribution is -2.45. The van der Waals surface area contributed by atoms with E-state index in [9.17, 15) is 27.6 Å². The van der Waals surface area contributed by atoms with E-state index >= 15 is 0 Å². The van der Waals surface area contributed by atoms with E-state index in [1.54, 1.807) is 6.92 Å². The number of amides is 2.